The van der Waals surface area contributed by atoms with Gasteiger partial charge in [0.15, 0.2) is 9.84 Å². The number of nitrogens with zero attached hydrogens (tertiary/aromatic N) is 1. The average molecular weight is 299 g/mol. The zero-order valence-electron chi connectivity index (χ0n) is 11.2. The molecule has 1 aromatic rings. The Morgan fingerprint density at radius 2 is 2.25 bits per heavy atom. The van der Waals surface area contributed by atoms with Gasteiger partial charge in [0, 0.05) is 6.04 Å². The molecule has 1 heterocycles. The van der Waals surface area contributed by atoms with Gasteiger partial charge in [-0.15, -0.1) is 0 Å². The highest BCUT2D eigenvalue weighted by atomic mass is 32.2. The molecule has 1 aliphatic heterocycles. The standard InChI is InChI=1S/C13H17NO5S/c1-14(11-5-6-20(17,18)8-11)9-19-12-4-2-3-10(7-12)13(15)16/h2-4,7,11H,5-6,8-9H2,1H3,(H,15,16). The van der Waals surface area contributed by atoms with Gasteiger partial charge in [-0.25, -0.2) is 13.2 Å². The SMILES string of the molecule is CN(COc1cccc(C(=O)O)c1)C1CCS(=O)(=O)C1. The molecule has 0 amide bonds. The molecule has 1 atom stereocenters. The third-order valence-corrected chi connectivity index (χ3v) is 5.10. The van der Waals surface area contributed by atoms with E-state index in [4.69, 9.17) is 9.84 Å². The van der Waals surface area contributed by atoms with Gasteiger partial charge in [0.1, 0.15) is 12.5 Å². The summed E-state index contributed by atoms with van der Waals surface area (Å²) in [6, 6.07) is 6.18. The second-order valence-corrected chi connectivity index (χ2v) is 7.15. The monoisotopic (exact) mass is 299 g/mol. The summed E-state index contributed by atoms with van der Waals surface area (Å²) in [5.74, 6) is -0.179. The lowest BCUT2D eigenvalue weighted by molar-refractivity contribution is 0.0695. The molecular formula is C13H17NO5S. The summed E-state index contributed by atoms with van der Waals surface area (Å²) in [6.07, 6.45) is 0.608. The molecule has 7 heteroatoms. The maximum atomic E-state index is 11.4. The number of carbonyl (C=O) groups is 1. The molecule has 110 valence electrons. The topological polar surface area (TPSA) is 83.9 Å². The summed E-state index contributed by atoms with van der Waals surface area (Å²) in [5, 5.41) is 8.88. The van der Waals surface area contributed by atoms with Crippen LogP contribution in [0.25, 0.3) is 0 Å². The van der Waals surface area contributed by atoms with Crippen molar-refractivity contribution in [3.63, 3.8) is 0 Å². The largest absolute Gasteiger partial charge is 0.478 e. The second kappa shape index (κ2) is 5.80. The number of benzene rings is 1. The van der Waals surface area contributed by atoms with Crippen molar-refractivity contribution in [2.75, 3.05) is 25.3 Å². The molecule has 0 saturated carbocycles. The lowest BCUT2D eigenvalue weighted by Crippen LogP contribution is -2.35. The maximum absolute atomic E-state index is 11.4. The maximum Gasteiger partial charge on any atom is 0.335 e. The molecule has 1 saturated heterocycles. The van der Waals surface area contributed by atoms with Crippen molar-refractivity contribution in [1.82, 2.24) is 4.90 Å². The molecule has 1 aliphatic rings. The van der Waals surface area contributed by atoms with E-state index < -0.39 is 15.8 Å². The lowest BCUT2D eigenvalue weighted by atomic mass is 10.2. The van der Waals surface area contributed by atoms with Gasteiger partial charge in [-0.3, -0.25) is 4.90 Å². The van der Waals surface area contributed by atoms with Crippen molar-refractivity contribution in [3.05, 3.63) is 29.8 Å². The van der Waals surface area contributed by atoms with Crippen LogP contribution in [-0.4, -0.2) is 55.7 Å². The minimum atomic E-state index is -2.92. The van der Waals surface area contributed by atoms with Crippen LogP contribution in [0.15, 0.2) is 24.3 Å². The highest BCUT2D eigenvalue weighted by molar-refractivity contribution is 7.91. The molecule has 20 heavy (non-hydrogen) atoms. The van der Waals surface area contributed by atoms with Gasteiger partial charge in [0.05, 0.1) is 17.1 Å². The van der Waals surface area contributed by atoms with Crippen molar-refractivity contribution in [2.45, 2.75) is 12.5 Å². The van der Waals surface area contributed by atoms with Crippen molar-refractivity contribution < 1.29 is 23.1 Å². The first-order valence-electron chi connectivity index (χ1n) is 6.24. The number of hydrogen-bond acceptors (Lipinski definition) is 5. The van der Waals surface area contributed by atoms with Gasteiger partial charge in [-0.1, -0.05) is 6.07 Å². The quantitative estimate of drug-likeness (QED) is 0.811. The predicted octanol–water partition coefficient (Wildman–Crippen LogP) is 0.840. The summed E-state index contributed by atoms with van der Waals surface area (Å²) < 4.78 is 28.3. The van der Waals surface area contributed by atoms with Crippen molar-refractivity contribution in [3.8, 4) is 5.75 Å². The fourth-order valence-corrected chi connectivity index (χ4v) is 3.93. The van der Waals surface area contributed by atoms with Crippen LogP contribution in [0.2, 0.25) is 0 Å². The number of ether oxygens (including phenoxy) is 1. The van der Waals surface area contributed by atoms with Gasteiger partial charge in [0.2, 0.25) is 0 Å². The average Bonchev–Trinajstić information content (AvgIpc) is 2.77. The van der Waals surface area contributed by atoms with Crippen LogP contribution >= 0.6 is 0 Å². The van der Waals surface area contributed by atoms with Crippen molar-refractivity contribution in [1.29, 1.82) is 0 Å². The predicted molar refractivity (Wildman–Crippen MR) is 73.7 cm³/mol. The summed E-state index contributed by atoms with van der Waals surface area (Å²) in [4.78, 5) is 12.7. The van der Waals surface area contributed by atoms with Gasteiger partial charge in [-0.2, -0.15) is 0 Å². The third kappa shape index (κ3) is 3.71. The molecule has 0 aliphatic carbocycles. The smallest absolute Gasteiger partial charge is 0.335 e. The normalized spacial score (nSPS) is 21.0. The Kier molecular flexibility index (Phi) is 4.29. The number of carboxylic acid groups (broad SMARTS) is 1. The Morgan fingerprint density at radius 1 is 1.50 bits per heavy atom. The van der Waals surface area contributed by atoms with E-state index in [1.165, 1.54) is 12.1 Å². The van der Waals surface area contributed by atoms with Gasteiger partial charge in [-0.05, 0) is 31.7 Å². The minimum Gasteiger partial charge on any atom is -0.478 e. The van der Waals surface area contributed by atoms with Crippen LogP contribution in [-0.2, 0) is 9.84 Å². The van der Waals surface area contributed by atoms with Crippen molar-refractivity contribution in [2.24, 2.45) is 0 Å². The Bertz CT molecular complexity index is 599. The molecule has 6 nitrogen and oxygen atoms in total. The molecule has 0 aromatic heterocycles. The molecule has 1 aromatic carbocycles. The van der Waals surface area contributed by atoms with E-state index in [0.29, 0.717) is 12.2 Å². The van der Waals surface area contributed by atoms with Crippen LogP contribution in [0, 0.1) is 0 Å². The molecule has 1 fully saturated rings. The second-order valence-electron chi connectivity index (χ2n) is 4.92. The number of carboxylic acids is 1. The third-order valence-electron chi connectivity index (χ3n) is 3.35. The van der Waals surface area contributed by atoms with E-state index in [9.17, 15) is 13.2 Å². The van der Waals surface area contributed by atoms with Gasteiger partial charge in [0.25, 0.3) is 0 Å². The Morgan fingerprint density at radius 3 is 2.85 bits per heavy atom. The fourth-order valence-electron chi connectivity index (χ4n) is 2.12. The number of sulfone groups is 1. The summed E-state index contributed by atoms with van der Waals surface area (Å²) in [5.41, 5.74) is 0.161. The van der Waals surface area contributed by atoms with Crippen LogP contribution in [0.5, 0.6) is 5.75 Å². The zero-order valence-corrected chi connectivity index (χ0v) is 12.0. The van der Waals surface area contributed by atoms with E-state index in [1.54, 1.807) is 19.2 Å². The number of aromatic carboxylic acids is 1. The highest BCUT2D eigenvalue weighted by Gasteiger charge is 2.30. The summed E-state index contributed by atoms with van der Waals surface area (Å²) >= 11 is 0. The summed E-state index contributed by atoms with van der Waals surface area (Å²) in [7, 11) is -1.12. The zero-order chi connectivity index (χ0) is 14.8. The molecule has 0 bridgehead atoms. The summed E-state index contributed by atoms with van der Waals surface area (Å²) in [6.45, 7) is 0.225. The number of hydrogen-bond donors (Lipinski definition) is 1. The van der Waals surface area contributed by atoms with E-state index in [-0.39, 0.29) is 29.8 Å². The Labute approximate surface area is 117 Å². The Hall–Kier alpha value is -1.60. The first kappa shape index (κ1) is 14.8. The molecule has 2 rings (SSSR count). The van der Waals surface area contributed by atoms with E-state index >= 15 is 0 Å². The number of rotatable bonds is 5. The van der Waals surface area contributed by atoms with Crippen molar-refractivity contribution >= 4 is 15.8 Å². The van der Waals surface area contributed by atoms with E-state index in [1.807, 2.05) is 4.90 Å². The van der Waals surface area contributed by atoms with E-state index in [2.05, 4.69) is 0 Å². The molecule has 0 spiro atoms. The molecule has 1 N–H and O–H groups in total. The molecule has 1 unspecified atom stereocenters. The van der Waals surface area contributed by atoms with Gasteiger partial charge < -0.3 is 9.84 Å². The van der Waals surface area contributed by atoms with Crippen LogP contribution in [0.4, 0.5) is 0 Å². The van der Waals surface area contributed by atoms with Crippen LogP contribution in [0.3, 0.4) is 0 Å². The van der Waals surface area contributed by atoms with Crippen LogP contribution < -0.4 is 4.74 Å². The Balaban J connectivity index is 1.92. The van der Waals surface area contributed by atoms with Crippen LogP contribution in [0.1, 0.15) is 16.8 Å². The fraction of sp³-hybridized carbons (Fsp3) is 0.462. The first-order valence-corrected chi connectivity index (χ1v) is 8.06. The first-order chi connectivity index (χ1) is 9.37. The highest BCUT2D eigenvalue weighted by Crippen LogP contribution is 2.18. The molecular weight excluding hydrogens is 282 g/mol. The van der Waals surface area contributed by atoms with E-state index in [0.717, 1.165) is 0 Å². The van der Waals surface area contributed by atoms with Gasteiger partial charge >= 0.3 is 5.97 Å². The lowest BCUT2D eigenvalue weighted by Gasteiger charge is -2.23. The minimum absolute atomic E-state index is 0.0392. The molecule has 0 radical (unpaired) electrons.